The van der Waals surface area contributed by atoms with E-state index in [1.165, 1.54) is 4.90 Å². The molecule has 0 saturated heterocycles. The quantitative estimate of drug-likeness (QED) is 0.742. The summed E-state index contributed by atoms with van der Waals surface area (Å²) in [6.45, 7) is 10.5. The normalized spacial score (nSPS) is 11.2. The monoisotopic (exact) mass is 357 g/mol. The first-order valence-electron chi connectivity index (χ1n) is 7.40. The Balaban J connectivity index is 2.28. The van der Waals surface area contributed by atoms with Crippen molar-refractivity contribution in [2.24, 2.45) is 0 Å². The number of hydrogen-bond acceptors (Lipinski definition) is 2. The SMILES string of the molecule is CC(C)[NH+](CCNC(=O)COc1cccc(Br)c1)C(C)C. The van der Waals surface area contributed by atoms with Crippen LogP contribution in [0.2, 0.25) is 0 Å². The van der Waals surface area contributed by atoms with Crippen molar-refractivity contribution in [2.45, 2.75) is 39.8 Å². The summed E-state index contributed by atoms with van der Waals surface area (Å²) in [7, 11) is 0. The largest absolute Gasteiger partial charge is 0.484 e. The van der Waals surface area contributed by atoms with Crippen LogP contribution >= 0.6 is 15.9 Å². The number of benzene rings is 1. The Morgan fingerprint density at radius 3 is 2.52 bits per heavy atom. The molecule has 0 saturated carbocycles. The number of carbonyl (C=O) groups excluding carboxylic acids is 1. The number of amides is 1. The van der Waals surface area contributed by atoms with Gasteiger partial charge in [0.05, 0.1) is 25.2 Å². The van der Waals surface area contributed by atoms with Crippen molar-refractivity contribution < 1.29 is 14.4 Å². The van der Waals surface area contributed by atoms with Gasteiger partial charge in [-0.2, -0.15) is 0 Å². The van der Waals surface area contributed by atoms with Gasteiger partial charge in [0.25, 0.3) is 5.91 Å². The molecule has 0 spiro atoms. The van der Waals surface area contributed by atoms with Gasteiger partial charge in [-0.05, 0) is 45.9 Å². The third-order valence-electron chi connectivity index (χ3n) is 3.39. The second-order valence-electron chi connectivity index (χ2n) is 5.73. The molecule has 0 fully saturated rings. The average Bonchev–Trinajstić information content (AvgIpc) is 2.40. The fraction of sp³-hybridized carbons (Fsp3) is 0.562. The number of nitrogens with one attached hydrogen (secondary N) is 2. The van der Waals surface area contributed by atoms with Gasteiger partial charge in [0, 0.05) is 4.47 Å². The third kappa shape index (κ3) is 6.96. The lowest BCUT2D eigenvalue weighted by Crippen LogP contribution is -3.18. The molecule has 21 heavy (non-hydrogen) atoms. The van der Waals surface area contributed by atoms with E-state index in [1.54, 1.807) is 0 Å². The molecule has 5 heteroatoms. The highest BCUT2D eigenvalue weighted by Gasteiger charge is 2.16. The summed E-state index contributed by atoms with van der Waals surface area (Å²) in [5, 5.41) is 2.91. The van der Waals surface area contributed by atoms with Crippen LogP contribution in [0.1, 0.15) is 27.7 Å². The molecule has 0 aromatic heterocycles. The molecule has 0 atom stereocenters. The molecule has 4 nitrogen and oxygen atoms in total. The minimum atomic E-state index is -0.0816. The topological polar surface area (TPSA) is 42.8 Å². The third-order valence-corrected chi connectivity index (χ3v) is 3.88. The summed E-state index contributed by atoms with van der Waals surface area (Å²) in [6.07, 6.45) is 0. The van der Waals surface area contributed by atoms with Crippen LogP contribution in [0.3, 0.4) is 0 Å². The summed E-state index contributed by atoms with van der Waals surface area (Å²) in [5.41, 5.74) is 0. The minimum Gasteiger partial charge on any atom is -0.484 e. The van der Waals surface area contributed by atoms with E-state index in [2.05, 4.69) is 48.9 Å². The Morgan fingerprint density at radius 1 is 1.29 bits per heavy atom. The van der Waals surface area contributed by atoms with Crippen molar-refractivity contribution in [2.75, 3.05) is 19.7 Å². The highest BCUT2D eigenvalue weighted by Crippen LogP contribution is 2.17. The van der Waals surface area contributed by atoms with E-state index in [9.17, 15) is 4.79 Å². The fourth-order valence-electron chi connectivity index (χ4n) is 2.35. The van der Waals surface area contributed by atoms with E-state index in [0.717, 1.165) is 11.0 Å². The van der Waals surface area contributed by atoms with E-state index >= 15 is 0 Å². The Hall–Kier alpha value is -1.07. The van der Waals surface area contributed by atoms with Crippen molar-refractivity contribution in [1.82, 2.24) is 5.32 Å². The molecule has 0 aliphatic rings. The summed E-state index contributed by atoms with van der Waals surface area (Å²) in [5.74, 6) is 0.609. The summed E-state index contributed by atoms with van der Waals surface area (Å²) < 4.78 is 6.39. The molecule has 0 radical (unpaired) electrons. The Kier molecular flexibility index (Phi) is 7.75. The predicted octanol–water partition coefficient (Wildman–Crippen LogP) is 1.65. The Labute approximate surface area is 136 Å². The zero-order valence-corrected chi connectivity index (χ0v) is 14.9. The molecule has 0 unspecified atom stereocenters. The van der Waals surface area contributed by atoms with Crippen molar-refractivity contribution in [3.63, 3.8) is 0 Å². The van der Waals surface area contributed by atoms with Gasteiger partial charge in [-0.15, -0.1) is 0 Å². The molecule has 1 aromatic carbocycles. The summed E-state index contributed by atoms with van der Waals surface area (Å²) in [6, 6.07) is 8.59. The Bertz CT molecular complexity index is 442. The van der Waals surface area contributed by atoms with Gasteiger partial charge in [0.2, 0.25) is 0 Å². The van der Waals surface area contributed by atoms with E-state index in [0.29, 0.717) is 24.4 Å². The van der Waals surface area contributed by atoms with Crippen LogP contribution in [-0.4, -0.2) is 37.7 Å². The molecule has 0 aliphatic carbocycles. The van der Waals surface area contributed by atoms with E-state index < -0.39 is 0 Å². The highest BCUT2D eigenvalue weighted by atomic mass is 79.9. The maximum atomic E-state index is 11.8. The maximum Gasteiger partial charge on any atom is 0.258 e. The molecule has 1 amide bonds. The van der Waals surface area contributed by atoms with Crippen LogP contribution in [0.15, 0.2) is 28.7 Å². The van der Waals surface area contributed by atoms with Gasteiger partial charge < -0.3 is 15.0 Å². The molecule has 0 aliphatic heterocycles. The number of carbonyl (C=O) groups is 1. The standard InChI is InChI=1S/C16H25BrN2O2/c1-12(2)19(13(3)4)9-8-18-16(20)11-21-15-7-5-6-14(17)10-15/h5-7,10,12-13H,8-9,11H2,1-4H3,(H,18,20)/p+1. The molecular weight excluding hydrogens is 332 g/mol. The molecule has 0 bridgehead atoms. The molecule has 118 valence electrons. The van der Waals surface area contributed by atoms with Crippen LogP contribution in [0.5, 0.6) is 5.75 Å². The number of ether oxygens (including phenoxy) is 1. The molecular formula is C16H26BrN2O2+. The van der Waals surface area contributed by atoms with E-state index in [-0.39, 0.29) is 12.5 Å². The Morgan fingerprint density at radius 2 is 1.95 bits per heavy atom. The van der Waals surface area contributed by atoms with Crippen molar-refractivity contribution in [3.05, 3.63) is 28.7 Å². The lowest BCUT2D eigenvalue weighted by molar-refractivity contribution is -0.941. The lowest BCUT2D eigenvalue weighted by Gasteiger charge is -2.27. The first kappa shape index (κ1) is 18.0. The first-order chi connectivity index (χ1) is 9.90. The van der Waals surface area contributed by atoms with Crippen molar-refractivity contribution in [3.8, 4) is 5.75 Å². The van der Waals surface area contributed by atoms with Crippen molar-refractivity contribution in [1.29, 1.82) is 0 Å². The van der Waals surface area contributed by atoms with Gasteiger partial charge >= 0.3 is 0 Å². The fourth-order valence-corrected chi connectivity index (χ4v) is 2.73. The van der Waals surface area contributed by atoms with Gasteiger partial charge in [-0.3, -0.25) is 4.79 Å². The lowest BCUT2D eigenvalue weighted by atomic mass is 10.2. The zero-order valence-electron chi connectivity index (χ0n) is 13.3. The molecule has 1 aromatic rings. The van der Waals surface area contributed by atoms with Gasteiger partial charge in [0.15, 0.2) is 6.61 Å². The van der Waals surface area contributed by atoms with Crippen LogP contribution in [-0.2, 0) is 4.79 Å². The maximum absolute atomic E-state index is 11.8. The minimum absolute atomic E-state index is 0.0507. The zero-order chi connectivity index (χ0) is 15.8. The van der Waals surface area contributed by atoms with Crippen LogP contribution in [0.25, 0.3) is 0 Å². The summed E-state index contributed by atoms with van der Waals surface area (Å²) in [4.78, 5) is 13.3. The number of hydrogen-bond donors (Lipinski definition) is 2. The van der Waals surface area contributed by atoms with Gasteiger partial charge in [-0.25, -0.2) is 0 Å². The summed E-state index contributed by atoms with van der Waals surface area (Å²) >= 11 is 3.37. The first-order valence-corrected chi connectivity index (χ1v) is 8.20. The van der Waals surface area contributed by atoms with Crippen LogP contribution in [0.4, 0.5) is 0 Å². The van der Waals surface area contributed by atoms with Crippen LogP contribution in [0, 0.1) is 0 Å². The number of quaternary nitrogens is 1. The molecule has 1 rings (SSSR count). The number of rotatable bonds is 8. The second kappa shape index (κ2) is 9.05. The number of halogens is 1. The molecule has 2 N–H and O–H groups in total. The second-order valence-corrected chi connectivity index (χ2v) is 6.65. The molecule has 0 heterocycles. The smallest absolute Gasteiger partial charge is 0.258 e. The van der Waals surface area contributed by atoms with Gasteiger partial charge in [-0.1, -0.05) is 22.0 Å². The van der Waals surface area contributed by atoms with Crippen LogP contribution < -0.4 is 15.0 Å². The predicted molar refractivity (Wildman–Crippen MR) is 88.7 cm³/mol. The van der Waals surface area contributed by atoms with Crippen molar-refractivity contribution >= 4 is 21.8 Å². The average molecular weight is 358 g/mol. The van der Waals surface area contributed by atoms with E-state index in [1.807, 2.05) is 24.3 Å². The van der Waals surface area contributed by atoms with Gasteiger partial charge in [0.1, 0.15) is 5.75 Å². The highest BCUT2D eigenvalue weighted by molar-refractivity contribution is 9.10. The van der Waals surface area contributed by atoms with E-state index in [4.69, 9.17) is 4.74 Å².